The molecule has 456 valence electrons. The average molecular weight is 1290 g/mol. The first-order valence-electron chi connectivity index (χ1n) is 29.7. The molecule has 0 aromatic heterocycles. The Hall–Kier alpha value is 1.82. The molecular weight excluding hydrogens is 1160 g/mol. The molecule has 21 heteroatoms. The van der Waals surface area contributed by atoms with Crippen molar-refractivity contribution in [1.82, 2.24) is 56.0 Å². The molecule has 0 aromatic rings. The molecular formula is C56H128CeN16P4. The molecule has 0 N–H and O–H groups in total. The van der Waals surface area contributed by atoms with Crippen LogP contribution in [0.15, 0.2) is 0 Å². The van der Waals surface area contributed by atoms with E-state index in [9.17, 15) is 20.6 Å². The molecule has 4 saturated heterocycles. The molecule has 4 fully saturated rings. The predicted molar refractivity (Wildman–Crippen MR) is 344 cm³/mol. The molecule has 4 aliphatic heterocycles. The normalized spacial score (nSPS) is 22.1. The van der Waals surface area contributed by atoms with Gasteiger partial charge in [-0.3, -0.25) is 56.0 Å². The monoisotopic (exact) mass is 1290 g/mol. The second-order valence-electron chi connectivity index (χ2n) is 29.1. The van der Waals surface area contributed by atoms with E-state index in [4.69, 9.17) is 0 Å². The molecule has 4 heterocycles. The Morgan fingerprint density at radius 2 is 0.312 bits per heavy atom. The number of hydrogen-bond donors (Lipinski definition) is 0. The van der Waals surface area contributed by atoms with Crippen molar-refractivity contribution >= 4 is 30.0 Å². The minimum atomic E-state index is -2.39. The number of nitrogens with zero attached hydrogens (tertiary/aromatic N) is 16. The molecule has 0 atom stereocenters. The van der Waals surface area contributed by atoms with Crippen LogP contribution in [0.4, 0.5) is 0 Å². The zero-order chi connectivity index (χ0) is 60.2. The van der Waals surface area contributed by atoms with Crippen molar-refractivity contribution in [2.75, 3.05) is 105 Å². The third kappa shape index (κ3) is 18.0. The van der Waals surface area contributed by atoms with Gasteiger partial charge in [0.2, 0.25) is 0 Å². The molecule has 0 aromatic carbocycles. The van der Waals surface area contributed by atoms with E-state index in [1.807, 2.05) is 0 Å². The maximum absolute atomic E-state index is 11.6. The Morgan fingerprint density at radius 3 is 0.364 bits per heavy atom. The van der Waals surface area contributed by atoms with Gasteiger partial charge in [-0.05, 0) is 249 Å². The van der Waals surface area contributed by atoms with Crippen LogP contribution < -0.4 is 0 Å². The third-order valence-corrected chi connectivity index (χ3v) is 32.2. The minimum absolute atomic E-state index is 0. The summed E-state index contributed by atoms with van der Waals surface area (Å²) in [5, 5.41) is 46.5. The van der Waals surface area contributed by atoms with Gasteiger partial charge in [0.25, 0.3) is 0 Å². The van der Waals surface area contributed by atoms with Crippen LogP contribution in [0.3, 0.4) is 0 Å². The van der Waals surface area contributed by atoms with Crippen LogP contribution in [0.2, 0.25) is 0 Å². The van der Waals surface area contributed by atoms with Crippen LogP contribution in [0.5, 0.6) is 0 Å². The van der Waals surface area contributed by atoms with Gasteiger partial charge in [-0.2, -0.15) is 0 Å². The second kappa shape index (κ2) is 29.0. The zero-order valence-electron chi connectivity index (χ0n) is 56.8. The molecule has 16 nitrogen and oxygen atoms in total. The molecule has 4 rings (SSSR count). The van der Waals surface area contributed by atoms with Gasteiger partial charge in [0.1, 0.15) is 0 Å². The summed E-state index contributed by atoms with van der Waals surface area (Å²) >= 11 is 0. The Labute approximate surface area is 515 Å². The standard InChI is InChI=1S/4C14H32N4P.Ce/c4*1-9-16(10-2)19(15)17(13(3,4)5)11-12-18(19)14(6,7)8;/h4*9-12H2,1-8H3;/q4*-1;+4. The average Bonchev–Trinajstić information content (AvgIpc) is 4.00. The first-order valence-corrected chi connectivity index (χ1v) is 36.1. The molecule has 0 aliphatic carbocycles. The third-order valence-electron chi connectivity index (χ3n) is 15.3. The maximum Gasteiger partial charge on any atom is 4.00 e. The van der Waals surface area contributed by atoms with Crippen molar-refractivity contribution in [3.63, 3.8) is 0 Å². The quantitative estimate of drug-likeness (QED) is 0.173. The van der Waals surface area contributed by atoms with Gasteiger partial charge < -0.3 is 20.6 Å². The van der Waals surface area contributed by atoms with Crippen molar-refractivity contribution in [3.8, 4) is 0 Å². The maximum atomic E-state index is 11.6. The summed E-state index contributed by atoms with van der Waals surface area (Å²) < 4.78 is 27.7. The van der Waals surface area contributed by atoms with Crippen LogP contribution in [-0.4, -0.2) is 205 Å². The molecule has 0 saturated carbocycles. The number of rotatable bonds is 12. The first-order chi connectivity index (χ1) is 34.0. The molecule has 0 amide bonds. The van der Waals surface area contributed by atoms with Gasteiger partial charge in [-0.15, -0.1) is 0 Å². The molecule has 0 bridgehead atoms. The molecule has 0 spiro atoms. The Bertz CT molecular complexity index is 1580. The van der Waals surface area contributed by atoms with E-state index in [0.29, 0.717) is 0 Å². The van der Waals surface area contributed by atoms with Gasteiger partial charge in [-0.25, -0.2) is 0 Å². The fraction of sp³-hybridized carbons (Fsp3) is 1.00. The molecule has 0 radical (unpaired) electrons. The van der Waals surface area contributed by atoms with E-state index in [0.717, 1.165) is 105 Å². The van der Waals surface area contributed by atoms with E-state index in [2.05, 4.69) is 278 Å². The van der Waals surface area contributed by atoms with Crippen LogP contribution in [0, 0.1) is 41.7 Å². The summed E-state index contributed by atoms with van der Waals surface area (Å²) in [7, 11) is -9.57. The van der Waals surface area contributed by atoms with Crippen molar-refractivity contribution < 1.29 is 41.7 Å². The van der Waals surface area contributed by atoms with Crippen molar-refractivity contribution in [1.29, 1.82) is 0 Å². The van der Waals surface area contributed by atoms with E-state index in [1.54, 1.807) is 0 Å². The first kappa shape index (κ1) is 78.8. The van der Waals surface area contributed by atoms with E-state index < -0.39 is 30.0 Å². The van der Waals surface area contributed by atoms with Gasteiger partial charge in [0.05, 0.1) is 0 Å². The molecule has 77 heavy (non-hydrogen) atoms. The Morgan fingerprint density at radius 1 is 0.234 bits per heavy atom. The largest absolute Gasteiger partial charge is 4.00 e. The topological polar surface area (TPSA) is 128 Å². The van der Waals surface area contributed by atoms with Crippen LogP contribution in [-0.2, 0) is 0 Å². The summed E-state index contributed by atoms with van der Waals surface area (Å²) in [6.45, 7) is 84.6. The van der Waals surface area contributed by atoms with E-state index in [-0.39, 0.29) is 86.1 Å². The zero-order valence-corrected chi connectivity index (χ0v) is 63.5. The number of hydrogen-bond acceptors (Lipinski definition) is 0. The fourth-order valence-corrected chi connectivity index (χ4v) is 27.7. The Balaban J connectivity index is 0.000000996. The fourth-order valence-electron chi connectivity index (χ4n) is 11.9. The van der Waals surface area contributed by atoms with Crippen molar-refractivity contribution in [2.45, 2.75) is 266 Å². The van der Waals surface area contributed by atoms with E-state index in [1.165, 1.54) is 0 Å². The van der Waals surface area contributed by atoms with Crippen LogP contribution >= 0.6 is 30.0 Å². The molecule has 0 unspecified atom stereocenters. The minimum Gasteiger partial charge on any atom is -0.770 e. The summed E-state index contributed by atoms with van der Waals surface area (Å²) in [5.41, 5.74) is -0.0705. The summed E-state index contributed by atoms with van der Waals surface area (Å²) in [5.74, 6) is 0. The van der Waals surface area contributed by atoms with Gasteiger partial charge >= 0.3 is 41.7 Å². The summed E-state index contributed by atoms with van der Waals surface area (Å²) in [6, 6.07) is 0. The van der Waals surface area contributed by atoms with Crippen LogP contribution in [0.25, 0.3) is 20.6 Å². The molecule has 4 aliphatic rings. The van der Waals surface area contributed by atoms with Crippen LogP contribution in [0.1, 0.15) is 222 Å². The van der Waals surface area contributed by atoms with Gasteiger partial charge in [0.15, 0.2) is 0 Å². The van der Waals surface area contributed by atoms with Gasteiger partial charge in [-0.1, -0.05) is 55.4 Å². The smallest absolute Gasteiger partial charge is 0.770 e. The van der Waals surface area contributed by atoms with Crippen molar-refractivity contribution in [2.24, 2.45) is 0 Å². The predicted octanol–water partition coefficient (Wildman–Crippen LogP) is 16.2. The van der Waals surface area contributed by atoms with Crippen molar-refractivity contribution in [3.05, 3.63) is 20.6 Å². The SMILES string of the molecule is CCN(CC)P1(=[N-])N(C(C)(C)C)CCN1C(C)(C)C.CCN(CC)P1(=[N-])N(C(C)(C)C)CCN1C(C)(C)C.CCN(CC)P1(=[N-])N(C(C)(C)C)CCN1C(C)(C)C.CCN(CC)P1(=[N-])N(C(C)(C)C)CCN1C(C)(C)C.[Ce+4]. The summed E-state index contributed by atoms with van der Waals surface area (Å²) in [4.78, 5) is 0. The summed E-state index contributed by atoms with van der Waals surface area (Å²) in [6.07, 6.45) is 0. The van der Waals surface area contributed by atoms with E-state index >= 15 is 0 Å². The second-order valence-corrected chi connectivity index (χ2v) is 39.5. The van der Waals surface area contributed by atoms with Gasteiger partial charge in [0, 0.05) is 96.7 Å². The Kier molecular flexibility index (Phi) is 29.7.